The predicted molar refractivity (Wildman–Crippen MR) is 143 cm³/mol. The molecule has 2 atom stereocenters. The summed E-state index contributed by atoms with van der Waals surface area (Å²) < 4.78 is 7.42. The molecule has 2 unspecified atom stereocenters. The van der Waals surface area contributed by atoms with E-state index in [-0.39, 0.29) is 18.2 Å². The molecule has 6 rings (SSSR count). The zero-order valence-corrected chi connectivity index (χ0v) is 22.0. The van der Waals surface area contributed by atoms with Gasteiger partial charge < -0.3 is 9.64 Å². The van der Waals surface area contributed by atoms with Gasteiger partial charge in [0, 0.05) is 69.8 Å². The lowest BCUT2D eigenvalue weighted by atomic mass is 10.0. The lowest BCUT2D eigenvalue weighted by Gasteiger charge is -2.46. The van der Waals surface area contributed by atoms with Crippen LogP contribution in [-0.4, -0.2) is 112 Å². The highest BCUT2D eigenvalue weighted by molar-refractivity contribution is 7.19. The fraction of sp³-hybridized carbons (Fsp3) is 0.462. The molecule has 4 aromatic rings. The van der Waals surface area contributed by atoms with E-state index in [0.717, 1.165) is 60.4 Å². The molecular formula is C26H32N8O2S. The SMILES string of the molecule is CN(C)C(=O)CN1CCN(C(c2cc3ncncc3s2)N2CCOC(c3cccc4[nH]ncc34)C2)CC1. The Balaban J connectivity index is 1.27. The Morgan fingerprint density at radius 3 is 2.86 bits per heavy atom. The van der Waals surface area contributed by atoms with Gasteiger partial charge in [-0.3, -0.25) is 24.6 Å². The molecule has 0 aliphatic carbocycles. The largest absolute Gasteiger partial charge is 0.371 e. The van der Waals surface area contributed by atoms with Crippen molar-refractivity contribution in [1.82, 2.24) is 39.8 Å². The van der Waals surface area contributed by atoms with Crippen LogP contribution in [0.15, 0.2) is 43.0 Å². The number of aromatic amines is 1. The van der Waals surface area contributed by atoms with Gasteiger partial charge in [0.2, 0.25) is 5.91 Å². The molecule has 5 heterocycles. The van der Waals surface area contributed by atoms with Crippen molar-refractivity contribution in [2.24, 2.45) is 0 Å². The first-order valence-electron chi connectivity index (χ1n) is 12.7. The van der Waals surface area contributed by atoms with E-state index in [0.29, 0.717) is 13.2 Å². The number of carbonyl (C=O) groups excluding carboxylic acids is 1. The van der Waals surface area contributed by atoms with Crippen LogP contribution in [0.25, 0.3) is 21.1 Å². The lowest BCUT2D eigenvalue weighted by Crippen LogP contribution is -2.54. The van der Waals surface area contributed by atoms with Gasteiger partial charge in [0.05, 0.1) is 47.4 Å². The molecule has 10 nitrogen and oxygen atoms in total. The Kier molecular flexibility index (Phi) is 6.87. The van der Waals surface area contributed by atoms with Gasteiger partial charge in [-0.25, -0.2) is 9.97 Å². The number of nitrogens with one attached hydrogen (secondary N) is 1. The molecule has 2 aliphatic heterocycles. The van der Waals surface area contributed by atoms with Crippen LogP contribution in [0, 0.1) is 0 Å². The molecule has 1 aromatic carbocycles. The summed E-state index contributed by atoms with van der Waals surface area (Å²) >= 11 is 1.77. The number of nitrogens with zero attached hydrogens (tertiary/aromatic N) is 7. The van der Waals surface area contributed by atoms with Crippen LogP contribution in [0.5, 0.6) is 0 Å². The van der Waals surface area contributed by atoms with Crippen LogP contribution in [0.1, 0.15) is 22.7 Å². The summed E-state index contributed by atoms with van der Waals surface area (Å²) in [5.41, 5.74) is 3.19. The van der Waals surface area contributed by atoms with Crippen LogP contribution in [0.4, 0.5) is 0 Å². The summed E-state index contributed by atoms with van der Waals surface area (Å²) in [7, 11) is 3.63. The Bertz CT molecular complexity index is 1350. The van der Waals surface area contributed by atoms with Crippen molar-refractivity contribution in [1.29, 1.82) is 0 Å². The Morgan fingerprint density at radius 2 is 2.05 bits per heavy atom. The molecule has 37 heavy (non-hydrogen) atoms. The molecule has 0 saturated carbocycles. The van der Waals surface area contributed by atoms with Crippen molar-refractivity contribution < 1.29 is 9.53 Å². The number of carbonyl (C=O) groups is 1. The zero-order valence-electron chi connectivity index (χ0n) is 21.2. The molecule has 2 saturated heterocycles. The van der Waals surface area contributed by atoms with E-state index in [1.54, 1.807) is 22.6 Å². The predicted octanol–water partition coefficient (Wildman–Crippen LogP) is 2.35. The van der Waals surface area contributed by atoms with Crippen molar-refractivity contribution >= 4 is 38.4 Å². The number of fused-ring (bicyclic) bond motifs is 2. The minimum Gasteiger partial charge on any atom is -0.371 e. The molecule has 11 heteroatoms. The van der Waals surface area contributed by atoms with Gasteiger partial charge in [-0.15, -0.1) is 11.3 Å². The summed E-state index contributed by atoms with van der Waals surface area (Å²) in [5.74, 6) is 0.150. The maximum atomic E-state index is 12.3. The third-order valence-corrected chi connectivity index (χ3v) is 8.49. The van der Waals surface area contributed by atoms with Crippen molar-refractivity contribution in [3.8, 4) is 0 Å². The average molecular weight is 521 g/mol. The van der Waals surface area contributed by atoms with E-state index in [1.807, 2.05) is 32.6 Å². The van der Waals surface area contributed by atoms with E-state index in [9.17, 15) is 4.79 Å². The summed E-state index contributed by atoms with van der Waals surface area (Å²) in [4.78, 5) is 31.3. The number of hydrogen-bond donors (Lipinski definition) is 1. The first kappa shape index (κ1) is 24.4. The number of H-pyrrole nitrogens is 1. The fourth-order valence-electron chi connectivity index (χ4n) is 5.37. The molecule has 2 fully saturated rings. The minimum absolute atomic E-state index is 0.0364. The van der Waals surface area contributed by atoms with Crippen LogP contribution in [0.2, 0.25) is 0 Å². The molecule has 0 bridgehead atoms. The fourth-order valence-corrected chi connectivity index (χ4v) is 6.53. The van der Waals surface area contributed by atoms with E-state index in [1.165, 1.54) is 10.4 Å². The van der Waals surface area contributed by atoms with Crippen LogP contribution in [-0.2, 0) is 9.53 Å². The van der Waals surface area contributed by atoms with Crippen molar-refractivity contribution in [3.05, 3.63) is 53.4 Å². The second kappa shape index (κ2) is 10.4. The minimum atomic E-state index is -0.0364. The van der Waals surface area contributed by atoms with Gasteiger partial charge in [0.15, 0.2) is 0 Å². The quantitative estimate of drug-likeness (QED) is 0.414. The van der Waals surface area contributed by atoms with Gasteiger partial charge in [0.1, 0.15) is 6.33 Å². The summed E-state index contributed by atoms with van der Waals surface area (Å²) in [5, 5.41) is 8.44. The number of morpholine rings is 1. The average Bonchev–Trinajstić information content (AvgIpc) is 3.57. The number of benzene rings is 1. The van der Waals surface area contributed by atoms with Crippen molar-refractivity contribution in [2.75, 3.05) is 66.5 Å². The maximum Gasteiger partial charge on any atom is 0.236 e. The van der Waals surface area contributed by atoms with Gasteiger partial charge >= 0.3 is 0 Å². The summed E-state index contributed by atoms with van der Waals surface area (Å²) in [6, 6.07) is 8.48. The van der Waals surface area contributed by atoms with Crippen molar-refractivity contribution in [2.45, 2.75) is 12.3 Å². The van der Waals surface area contributed by atoms with E-state index < -0.39 is 0 Å². The number of amides is 1. The standard InChI is InChI=1S/C26H32N8O2S/c1-31(2)25(35)16-32-6-8-33(9-7-32)26(23-12-21-24(37-23)14-27-17-28-21)34-10-11-36-22(15-34)18-4-3-5-20-19(18)13-29-30-20/h3-5,12-14,17,22,26H,6-11,15-16H2,1-2H3,(H,29,30). The number of aromatic nitrogens is 4. The molecule has 0 radical (unpaired) electrons. The van der Waals surface area contributed by atoms with Crippen molar-refractivity contribution in [3.63, 3.8) is 0 Å². The monoisotopic (exact) mass is 520 g/mol. The van der Waals surface area contributed by atoms with Crippen LogP contribution in [0.3, 0.4) is 0 Å². The highest BCUT2D eigenvalue weighted by Gasteiger charge is 2.35. The Morgan fingerprint density at radius 1 is 1.19 bits per heavy atom. The number of thiophene rings is 1. The van der Waals surface area contributed by atoms with Crippen LogP contribution >= 0.6 is 11.3 Å². The molecular weight excluding hydrogens is 488 g/mol. The first-order chi connectivity index (χ1) is 18.1. The summed E-state index contributed by atoms with van der Waals surface area (Å²) in [6.07, 6.45) is 5.49. The van der Waals surface area contributed by atoms with Gasteiger partial charge in [0.25, 0.3) is 0 Å². The summed E-state index contributed by atoms with van der Waals surface area (Å²) in [6.45, 7) is 6.28. The second-order valence-corrected chi connectivity index (χ2v) is 11.0. The lowest BCUT2D eigenvalue weighted by molar-refractivity contribution is -0.131. The Labute approximate surface area is 219 Å². The molecule has 2 aliphatic rings. The normalized spacial score (nSPS) is 21.0. The molecule has 3 aromatic heterocycles. The smallest absolute Gasteiger partial charge is 0.236 e. The highest BCUT2D eigenvalue weighted by atomic mass is 32.1. The zero-order chi connectivity index (χ0) is 25.4. The van der Waals surface area contributed by atoms with E-state index >= 15 is 0 Å². The van der Waals surface area contributed by atoms with E-state index in [2.05, 4.69) is 53.1 Å². The first-order valence-corrected chi connectivity index (χ1v) is 13.5. The van der Waals surface area contributed by atoms with Gasteiger partial charge in [-0.05, 0) is 17.7 Å². The molecule has 1 N–H and O–H groups in total. The van der Waals surface area contributed by atoms with Crippen LogP contribution < -0.4 is 0 Å². The topological polar surface area (TPSA) is 93.7 Å². The molecule has 1 amide bonds. The Hall–Kier alpha value is -2.96. The van der Waals surface area contributed by atoms with E-state index in [4.69, 9.17) is 4.74 Å². The highest BCUT2D eigenvalue weighted by Crippen LogP contribution is 2.38. The van der Waals surface area contributed by atoms with Gasteiger partial charge in [-0.2, -0.15) is 5.10 Å². The number of piperazine rings is 1. The number of likely N-dealkylation sites (N-methyl/N-ethyl adjacent to an activating group) is 1. The number of ether oxygens (including phenoxy) is 1. The maximum absolute atomic E-state index is 12.3. The van der Waals surface area contributed by atoms with Gasteiger partial charge in [-0.1, -0.05) is 12.1 Å². The number of rotatable bonds is 6. The second-order valence-electron chi connectivity index (χ2n) is 9.93. The third kappa shape index (κ3) is 4.97. The molecule has 0 spiro atoms. The third-order valence-electron chi connectivity index (χ3n) is 7.39. The number of hydrogen-bond acceptors (Lipinski definition) is 9. The molecule has 194 valence electrons.